The first kappa shape index (κ1) is 17.8. The average molecular weight is 381 g/mol. The number of fused-ring (bicyclic) bond motifs is 2. The second kappa shape index (κ2) is 6.26. The van der Waals surface area contributed by atoms with Crippen LogP contribution in [0.5, 0.6) is 5.75 Å². The van der Waals surface area contributed by atoms with Gasteiger partial charge in [-0.05, 0) is 24.1 Å². The molecule has 1 amide bonds. The van der Waals surface area contributed by atoms with Crippen molar-refractivity contribution in [2.75, 3.05) is 5.32 Å². The van der Waals surface area contributed by atoms with Gasteiger partial charge in [0.1, 0.15) is 5.52 Å². The van der Waals surface area contributed by atoms with E-state index in [1.165, 1.54) is 16.7 Å². The number of aryl methyl sites for hydroxylation is 1. The molecule has 3 aromatic rings. The van der Waals surface area contributed by atoms with E-state index in [0.717, 1.165) is 0 Å². The number of pyridine rings is 1. The lowest BCUT2D eigenvalue weighted by Crippen LogP contribution is -2.40. The molecule has 0 spiro atoms. The number of aromatic amines is 1. The number of benzene rings is 1. The third-order valence-corrected chi connectivity index (χ3v) is 4.89. The molecule has 3 N–H and O–H groups in total. The number of nitrogens with one attached hydrogen (secondary N) is 2. The lowest BCUT2D eigenvalue weighted by molar-refractivity contribution is -0.125. The van der Waals surface area contributed by atoms with Gasteiger partial charge in [-0.3, -0.25) is 9.59 Å². The van der Waals surface area contributed by atoms with Crippen molar-refractivity contribution >= 4 is 28.5 Å². The van der Waals surface area contributed by atoms with E-state index in [0.29, 0.717) is 33.5 Å². The van der Waals surface area contributed by atoms with E-state index in [9.17, 15) is 19.5 Å². The Morgan fingerprint density at radius 1 is 1.25 bits per heavy atom. The highest BCUT2D eigenvalue weighted by Crippen LogP contribution is 2.43. The number of carboxylic acids is 1. The summed E-state index contributed by atoms with van der Waals surface area (Å²) < 4.78 is 7.44. The number of carbonyl (C=O) groups excluding carboxylic acids is 1. The Kier molecular flexibility index (Phi) is 3.99. The number of carbonyl (C=O) groups is 2. The van der Waals surface area contributed by atoms with Gasteiger partial charge in [-0.2, -0.15) is 0 Å². The average Bonchev–Trinajstić information content (AvgIpc) is 3.13. The highest BCUT2D eigenvalue weighted by molar-refractivity contribution is 6.05. The molecule has 1 aromatic carbocycles. The van der Waals surface area contributed by atoms with Crippen LogP contribution in [-0.2, 0) is 11.8 Å². The quantitative estimate of drug-likeness (QED) is 0.645. The summed E-state index contributed by atoms with van der Waals surface area (Å²) in [5.74, 6) is -1.13. The summed E-state index contributed by atoms with van der Waals surface area (Å²) in [4.78, 5) is 39.3. The fourth-order valence-electron chi connectivity index (χ4n) is 3.48. The van der Waals surface area contributed by atoms with Crippen molar-refractivity contribution in [1.82, 2.24) is 9.55 Å². The number of aromatic nitrogens is 2. The van der Waals surface area contributed by atoms with E-state index in [2.05, 4.69) is 10.3 Å². The molecule has 1 aliphatic rings. The second-order valence-electron chi connectivity index (χ2n) is 7.20. The summed E-state index contributed by atoms with van der Waals surface area (Å²) in [5.41, 5.74) is 1.67. The lowest BCUT2D eigenvalue weighted by atomic mass is 9.97. The van der Waals surface area contributed by atoms with Crippen molar-refractivity contribution in [3.05, 3.63) is 46.5 Å². The molecule has 0 bridgehead atoms. The fraction of sp³-hybridized carbons (Fsp3) is 0.250. The summed E-state index contributed by atoms with van der Waals surface area (Å²) in [5, 5.41) is 12.9. The van der Waals surface area contributed by atoms with Crippen LogP contribution in [0.15, 0.2) is 35.4 Å². The molecule has 2 aromatic heterocycles. The van der Waals surface area contributed by atoms with Gasteiger partial charge in [0, 0.05) is 36.0 Å². The Bertz CT molecular complexity index is 1190. The number of amides is 1. The Balaban J connectivity index is 2.04. The number of aromatic carboxylic acids is 1. The van der Waals surface area contributed by atoms with Crippen molar-refractivity contribution in [2.24, 2.45) is 13.0 Å². The zero-order valence-electron chi connectivity index (χ0n) is 15.6. The van der Waals surface area contributed by atoms with Crippen LogP contribution in [0.2, 0.25) is 0 Å². The first-order valence-electron chi connectivity index (χ1n) is 8.84. The van der Waals surface area contributed by atoms with Gasteiger partial charge in [0.2, 0.25) is 0 Å². The van der Waals surface area contributed by atoms with Crippen LogP contribution < -0.4 is 15.6 Å². The van der Waals surface area contributed by atoms with Crippen LogP contribution in [0.1, 0.15) is 24.2 Å². The molecule has 0 fully saturated rings. The van der Waals surface area contributed by atoms with Crippen LogP contribution in [0, 0.1) is 5.92 Å². The second-order valence-corrected chi connectivity index (χ2v) is 7.20. The normalized spacial score (nSPS) is 16.0. The molecule has 144 valence electrons. The number of hydrogen-bond acceptors (Lipinski definition) is 4. The SMILES string of the molecule is CC(C)C1Oc2c(cc(C(=O)O)cc2-c2cn(C)c(=O)c3[nH]ccc23)NC1=O. The predicted octanol–water partition coefficient (Wildman–Crippen LogP) is 2.59. The maximum absolute atomic E-state index is 12.4. The zero-order chi connectivity index (χ0) is 20.2. The number of rotatable bonds is 3. The lowest BCUT2D eigenvalue weighted by Gasteiger charge is -2.30. The number of carboxylic acid groups (broad SMARTS) is 1. The van der Waals surface area contributed by atoms with Gasteiger partial charge in [-0.15, -0.1) is 0 Å². The predicted molar refractivity (Wildman–Crippen MR) is 104 cm³/mol. The van der Waals surface area contributed by atoms with E-state index in [1.807, 2.05) is 13.8 Å². The van der Waals surface area contributed by atoms with Crippen molar-refractivity contribution in [1.29, 1.82) is 0 Å². The topological polar surface area (TPSA) is 113 Å². The van der Waals surface area contributed by atoms with Gasteiger partial charge < -0.3 is 24.7 Å². The molecule has 8 nitrogen and oxygen atoms in total. The number of H-pyrrole nitrogens is 1. The minimum absolute atomic E-state index is 0.0122. The third kappa shape index (κ3) is 2.65. The zero-order valence-corrected chi connectivity index (χ0v) is 15.6. The van der Waals surface area contributed by atoms with Gasteiger partial charge in [0.25, 0.3) is 11.5 Å². The van der Waals surface area contributed by atoms with Gasteiger partial charge >= 0.3 is 5.97 Å². The molecule has 1 aliphatic heterocycles. The van der Waals surface area contributed by atoms with Crippen molar-refractivity contribution in [3.8, 4) is 16.9 Å². The number of hydrogen-bond donors (Lipinski definition) is 3. The van der Waals surface area contributed by atoms with Crippen LogP contribution in [-0.4, -0.2) is 32.6 Å². The van der Waals surface area contributed by atoms with Gasteiger partial charge in [-0.1, -0.05) is 13.8 Å². The molecule has 0 radical (unpaired) electrons. The largest absolute Gasteiger partial charge is 0.478 e. The standard InChI is InChI=1S/C20H19N3O5/c1-9(2)16-18(24)22-14-7-10(20(26)27)6-12(17(14)28-16)13-8-23(3)19(25)15-11(13)4-5-21-15/h4-9,16,21H,1-3H3,(H,22,24)(H,26,27). The molecule has 8 heteroatoms. The van der Waals surface area contributed by atoms with Crippen molar-refractivity contribution in [2.45, 2.75) is 20.0 Å². The Hall–Kier alpha value is -3.55. The Labute approximate surface area is 159 Å². The Morgan fingerprint density at radius 3 is 2.68 bits per heavy atom. The molecule has 3 heterocycles. The number of anilines is 1. The molecule has 4 rings (SSSR count). The fourth-order valence-corrected chi connectivity index (χ4v) is 3.48. The van der Waals surface area contributed by atoms with Crippen LogP contribution in [0.3, 0.4) is 0 Å². The smallest absolute Gasteiger partial charge is 0.335 e. The van der Waals surface area contributed by atoms with E-state index < -0.39 is 12.1 Å². The monoisotopic (exact) mass is 381 g/mol. The van der Waals surface area contributed by atoms with Gasteiger partial charge in [0.05, 0.1) is 11.3 Å². The highest BCUT2D eigenvalue weighted by Gasteiger charge is 2.33. The third-order valence-electron chi connectivity index (χ3n) is 4.89. The highest BCUT2D eigenvalue weighted by atomic mass is 16.5. The number of nitrogens with zero attached hydrogens (tertiary/aromatic N) is 1. The van der Waals surface area contributed by atoms with E-state index in [-0.39, 0.29) is 22.9 Å². The molecule has 28 heavy (non-hydrogen) atoms. The number of ether oxygens (including phenoxy) is 1. The minimum Gasteiger partial charge on any atom is -0.478 e. The molecular formula is C20H19N3O5. The van der Waals surface area contributed by atoms with Crippen molar-refractivity contribution < 1.29 is 19.4 Å². The van der Waals surface area contributed by atoms with E-state index in [1.54, 1.807) is 25.5 Å². The van der Waals surface area contributed by atoms with E-state index in [4.69, 9.17) is 4.74 Å². The molecule has 0 saturated carbocycles. The molecule has 0 saturated heterocycles. The van der Waals surface area contributed by atoms with Crippen LogP contribution in [0.25, 0.3) is 22.0 Å². The summed E-state index contributed by atoms with van der Waals surface area (Å²) in [7, 11) is 1.62. The van der Waals surface area contributed by atoms with Crippen LogP contribution in [0.4, 0.5) is 5.69 Å². The van der Waals surface area contributed by atoms with Crippen LogP contribution >= 0.6 is 0 Å². The summed E-state index contributed by atoms with van der Waals surface area (Å²) in [6, 6.07) is 4.64. The summed E-state index contributed by atoms with van der Waals surface area (Å²) >= 11 is 0. The summed E-state index contributed by atoms with van der Waals surface area (Å²) in [6.07, 6.45) is 2.60. The molecule has 0 aliphatic carbocycles. The molecular weight excluding hydrogens is 362 g/mol. The molecule has 1 atom stereocenters. The summed E-state index contributed by atoms with van der Waals surface area (Å²) in [6.45, 7) is 3.74. The maximum Gasteiger partial charge on any atom is 0.335 e. The molecule has 1 unspecified atom stereocenters. The first-order valence-corrected chi connectivity index (χ1v) is 8.84. The first-order chi connectivity index (χ1) is 13.3. The minimum atomic E-state index is -1.13. The maximum atomic E-state index is 12.4. The van der Waals surface area contributed by atoms with E-state index >= 15 is 0 Å². The van der Waals surface area contributed by atoms with Gasteiger partial charge in [-0.25, -0.2) is 4.79 Å². The van der Waals surface area contributed by atoms with Crippen molar-refractivity contribution in [3.63, 3.8) is 0 Å². The Morgan fingerprint density at radius 2 is 2.00 bits per heavy atom. The van der Waals surface area contributed by atoms with Gasteiger partial charge in [0.15, 0.2) is 11.9 Å².